The first-order chi connectivity index (χ1) is 7.65. The lowest BCUT2D eigenvalue weighted by Crippen LogP contribution is -2.35. The summed E-state index contributed by atoms with van der Waals surface area (Å²) in [6.45, 7) is 1.39. The van der Waals surface area contributed by atoms with Crippen LogP contribution in [-0.2, 0) is 9.53 Å². The molecule has 0 spiro atoms. The van der Waals surface area contributed by atoms with E-state index in [-0.39, 0.29) is 4.83 Å². The maximum absolute atomic E-state index is 12.1. The monoisotopic (exact) mass is 289 g/mol. The van der Waals surface area contributed by atoms with Crippen molar-refractivity contribution in [2.24, 2.45) is 17.8 Å². The second-order valence-corrected chi connectivity index (χ2v) is 6.35. The number of fused-ring (bicyclic) bond motifs is 1. The third kappa shape index (κ3) is 2.43. The standard InChI is InChI=1S/C12H20BrNO2/c1-14(6-8(13)7-16-2)12(15)11-9-4-3-5-10(9)11/h8-11H,3-7H2,1-2H3. The zero-order chi connectivity index (χ0) is 11.7. The number of amides is 1. The predicted molar refractivity (Wildman–Crippen MR) is 66.5 cm³/mol. The summed E-state index contributed by atoms with van der Waals surface area (Å²) in [7, 11) is 3.58. The molecule has 2 fully saturated rings. The van der Waals surface area contributed by atoms with Crippen molar-refractivity contribution in [3.63, 3.8) is 0 Å². The van der Waals surface area contributed by atoms with Crippen LogP contribution in [0.3, 0.4) is 0 Å². The molecule has 1 amide bonds. The van der Waals surface area contributed by atoms with E-state index >= 15 is 0 Å². The lowest BCUT2D eigenvalue weighted by Gasteiger charge is -2.21. The van der Waals surface area contributed by atoms with E-state index in [0.717, 1.165) is 6.54 Å². The van der Waals surface area contributed by atoms with Crippen molar-refractivity contribution in [2.75, 3.05) is 27.3 Å². The van der Waals surface area contributed by atoms with Gasteiger partial charge in [0, 0.05) is 26.6 Å². The van der Waals surface area contributed by atoms with Gasteiger partial charge in [-0.2, -0.15) is 0 Å². The van der Waals surface area contributed by atoms with Crippen LogP contribution in [0.25, 0.3) is 0 Å². The SMILES string of the molecule is COCC(Br)CN(C)C(=O)C1C2CCCC21. The summed E-state index contributed by atoms with van der Waals surface area (Å²) >= 11 is 3.52. The molecule has 0 aliphatic heterocycles. The van der Waals surface area contributed by atoms with Crippen LogP contribution in [0.2, 0.25) is 0 Å². The van der Waals surface area contributed by atoms with Gasteiger partial charge in [0.1, 0.15) is 0 Å². The van der Waals surface area contributed by atoms with E-state index in [4.69, 9.17) is 4.74 Å². The first-order valence-corrected chi connectivity index (χ1v) is 6.94. The van der Waals surface area contributed by atoms with Gasteiger partial charge < -0.3 is 9.64 Å². The van der Waals surface area contributed by atoms with Gasteiger partial charge in [-0.15, -0.1) is 0 Å². The quantitative estimate of drug-likeness (QED) is 0.724. The highest BCUT2D eigenvalue weighted by molar-refractivity contribution is 9.09. The molecule has 4 heteroatoms. The normalized spacial score (nSPS) is 33.3. The number of nitrogens with zero attached hydrogens (tertiary/aromatic N) is 1. The first kappa shape index (κ1) is 12.4. The molecule has 3 nitrogen and oxygen atoms in total. The van der Waals surface area contributed by atoms with E-state index in [2.05, 4.69) is 15.9 Å². The highest BCUT2D eigenvalue weighted by atomic mass is 79.9. The minimum atomic E-state index is 0.241. The van der Waals surface area contributed by atoms with Crippen molar-refractivity contribution in [1.29, 1.82) is 0 Å². The Kier molecular flexibility index (Phi) is 3.90. The van der Waals surface area contributed by atoms with Crippen molar-refractivity contribution < 1.29 is 9.53 Å². The molecule has 16 heavy (non-hydrogen) atoms. The van der Waals surface area contributed by atoms with Gasteiger partial charge in [-0.25, -0.2) is 0 Å². The van der Waals surface area contributed by atoms with E-state index in [0.29, 0.717) is 30.3 Å². The van der Waals surface area contributed by atoms with E-state index in [1.54, 1.807) is 7.11 Å². The largest absolute Gasteiger partial charge is 0.383 e. The Morgan fingerprint density at radius 3 is 2.69 bits per heavy atom. The average molecular weight is 290 g/mol. The second kappa shape index (κ2) is 5.05. The molecule has 0 aromatic rings. The summed E-state index contributed by atoms with van der Waals surface area (Å²) < 4.78 is 5.05. The molecule has 2 saturated carbocycles. The zero-order valence-corrected chi connectivity index (χ0v) is 11.6. The number of hydrogen-bond acceptors (Lipinski definition) is 2. The molecular formula is C12H20BrNO2. The van der Waals surface area contributed by atoms with Gasteiger partial charge in [-0.05, 0) is 24.7 Å². The van der Waals surface area contributed by atoms with Crippen molar-refractivity contribution in [3.05, 3.63) is 0 Å². The summed E-state index contributed by atoms with van der Waals surface area (Å²) in [5.41, 5.74) is 0. The summed E-state index contributed by atoms with van der Waals surface area (Å²) in [5, 5.41) is 0. The molecule has 0 bridgehead atoms. The van der Waals surface area contributed by atoms with Gasteiger partial charge >= 0.3 is 0 Å². The minimum absolute atomic E-state index is 0.241. The maximum Gasteiger partial charge on any atom is 0.226 e. The molecule has 2 aliphatic rings. The highest BCUT2D eigenvalue weighted by Gasteiger charge is 2.57. The molecule has 0 heterocycles. The Labute approximate surface area is 106 Å². The molecule has 0 saturated heterocycles. The van der Waals surface area contributed by atoms with Crippen LogP contribution in [0.5, 0.6) is 0 Å². The Balaban J connectivity index is 1.77. The molecule has 0 N–H and O–H groups in total. The fourth-order valence-corrected chi connectivity index (χ4v) is 3.76. The number of carbonyl (C=O) groups excluding carboxylic acids is 1. The molecule has 0 aromatic heterocycles. The minimum Gasteiger partial charge on any atom is -0.383 e. The average Bonchev–Trinajstić information content (AvgIpc) is 2.70. The van der Waals surface area contributed by atoms with Crippen molar-refractivity contribution in [3.8, 4) is 0 Å². The van der Waals surface area contributed by atoms with Crippen LogP contribution in [0, 0.1) is 17.8 Å². The molecule has 2 aliphatic carbocycles. The number of rotatable bonds is 5. The van der Waals surface area contributed by atoms with Gasteiger partial charge in [-0.1, -0.05) is 22.4 Å². The number of ether oxygens (including phenoxy) is 1. The third-order valence-corrected chi connectivity index (χ3v) is 4.44. The molecular weight excluding hydrogens is 270 g/mol. The van der Waals surface area contributed by atoms with E-state index < -0.39 is 0 Å². The Morgan fingerprint density at radius 1 is 1.50 bits per heavy atom. The number of halogens is 1. The van der Waals surface area contributed by atoms with Crippen molar-refractivity contribution in [2.45, 2.75) is 24.1 Å². The molecule has 0 radical (unpaired) electrons. The lowest BCUT2D eigenvalue weighted by atomic mass is 10.1. The fraction of sp³-hybridized carbons (Fsp3) is 0.917. The smallest absolute Gasteiger partial charge is 0.226 e. The zero-order valence-electron chi connectivity index (χ0n) is 9.99. The van der Waals surface area contributed by atoms with Gasteiger partial charge in [0.15, 0.2) is 0 Å². The fourth-order valence-electron chi connectivity index (χ4n) is 3.06. The Bertz CT molecular complexity index is 262. The number of alkyl halides is 1. The summed E-state index contributed by atoms with van der Waals surface area (Å²) in [4.78, 5) is 14.2. The van der Waals surface area contributed by atoms with Crippen LogP contribution >= 0.6 is 15.9 Å². The summed E-state index contributed by atoms with van der Waals surface area (Å²) in [6, 6.07) is 0. The van der Waals surface area contributed by atoms with E-state index in [1.165, 1.54) is 19.3 Å². The van der Waals surface area contributed by atoms with Crippen molar-refractivity contribution in [1.82, 2.24) is 4.90 Å². The number of hydrogen-bond donors (Lipinski definition) is 0. The van der Waals surface area contributed by atoms with E-state index in [9.17, 15) is 4.79 Å². The second-order valence-electron chi connectivity index (χ2n) is 5.06. The van der Waals surface area contributed by atoms with Gasteiger partial charge in [0.25, 0.3) is 0 Å². The van der Waals surface area contributed by atoms with Crippen LogP contribution < -0.4 is 0 Å². The molecule has 3 atom stereocenters. The highest BCUT2D eigenvalue weighted by Crippen LogP contribution is 2.58. The summed E-state index contributed by atoms with van der Waals surface area (Å²) in [5.74, 6) is 2.12. The first-order valence-electron chi connectivity index (χ1n) is 6.03. The molecule has 0 aromatic carbocycles. The van der Waals surface area contributed by atoms with Gasteiger partial charge in [0.2, 0.25) is 5.91 Å². The topological polar surface area (TPSA) is 29.5 Å². The van der Waals surface area contributed by atoms with Crippen LogP contribution in [0.4, 0.5) is 0 Å². The van der Waals surface area contributed by atoms with Crippen LogP contribution in [0.1, 0.15) is 19.3 Å². The number of methoxy groups -OCH3 is 1. The van der Waals surface area contributed by atoms with Crippen molar-refractivity contribution >= 4 is 21.8 Å². The number of carbonyl (C=O) groups is 1. The molecule has 2 rings (SSSR count). The third-order valence-electron chi connectivity index (χ3n) is 3.89. The molecule has 92 valence electrons. The van der Waals surface area contributed by atoms with Gasteiger partial charge in [-0.3, -0.25) is 4.79 Å². The summed E-state index contributed by atoms with van der Waals surface area (Å²) in [6.07, 6.45) is 3.86. The Hall–Kier alpha value is -0.0900. The molecule has 3 unspecified atom stereocenters. The Morgan fingerprint density at radius 2 is 2.12 bits per heavy atom. The van der Waals surface area contributed by atoms with E-state index in [1.807, 2.05) is 11.9 Å². The van der Waals surface area contributed by atoms with Crippen LogP contribution in [-0.4, -0.2) is 42.9 Å². The lowest BCUT2D eigenvalue weighted by molar-refractivity contribution is -0.132. The van der Waals surface area contributed by atoms with Gasteiger partial charge in [0.05, 0.1) is 11.4 Å². The van der Waals surface area contributed by atoms with Crippen LogP contribution in [0.15, 0.2) is 0 Å². The maximum atomic E-state index is 12.1. The predicted octanol–water partition coefficient (Wildman–Crippen LogP) is 1.90.